The lowest BCUT2D eigenvalue weighted by atomic mass is 10.1. The summed E-state index contributed by atoms with van der Waals surface area (Å²) in [5.74, 6) is 0. The predicted octanol–water partition coefficient (Wildman–Crippen LogP) is 1.13. The summed E-state index contributed by atoms with van der Waals surface area (Å²) in [5, 5.41) is 8.63. The van der Waals surface area contributed by atoms with Crippen LogP contribution in [-0.2, 0) is 14.8 Å². The van der Waals surface area contributed by atoms with Crippen molar-refractivity contribution in [2.24, 2.45) is 0 Å². The molecule has 1 atom stereocenters. The number of aliphatic hydroxyl groups is 1. The van der Waals surface area contributed by atoms with E-state index in [0.29, 0.717) is 0 Å². The van der Waals surface area contributed by atoms with Crippen molar-refractivity contribution in [3.05, 3.63) is 35.4 Å². The molecule has 0 bridgehead atoms. The van der Waals surface area contributed by atoms with Crippen molar-refractivity contribution in [2.45, 2.75) is 31.1 Å². The molecule has 1 aromatic rings. The molecule has 0 amide bonds. The molecule has 1 fully saturated rings. The van der Waals surface area contributed by atoms with E-state index in [-0.39, 0.29) is 31.1 Å². The van der Waals surface area contributed by atoms with E-state index in [2.05, 4.69) is 4.72 Å². The van der Waals surface area contributed by atoms with Gasteiger partial charge < -0.3 is 9.84 Å². The third-order valence-electron chi connectivity index (χ3n) is 3.29. The van der Waals surface area contributed by atoms with Gasteiger partial charge in [-0.1, -0.05) is 29.8 Å². The van der Waals surface area contributed by atoms with Crippen LogP contribution in [-0.4, -0.2) is 38.5 Å². The quantitative estimate of drug-likeness (QED) is 0.754. The molecule has 0 aliphatic heterocycles. The maximum Gasteiger partial charge on any atom is 0.214 e. The number of ether oxygens (including phenoxy) is 1. The molecule has 1 unspecified atom stereocenters. The standard InChI is InChI=1S/C14H21NO4S/c1-11-2-4-12(5-3-11)14(19-9-8-16)10-15-20(17,18)13-6-7-13/h2-5,13-16H,6-10H2,1H3. The summed E-state index contributed by atoms with van der Waals surface area (Å²) in [6.07, 6.45) is 1.10. The Morgan fingerprint density at radius 3 is 2.55 bits per heavy atom. The average Bonchev–Trinajstić information content (AvgIpc) is 3.25. The minimum Gasteiger partial charge on any atom is -0.394 e. The van der Waals surface area contributed by atoms with Crippen molar-refractivity contribution in [3.63, 3.8) is 0 Å². The van der Waals surface area contributed by atoms with E-state index in [1.807, 2.05) is 31.2 Å². The van der Waals surface area contributed by atoms with Crippen molar-refractivity contribution in [2.75, 3.05) is 19.8 Å². The molecule has 0 heterocycles. The van der Waals surface area contributed by atoms with Gasteiger partial charge in [0.25, 0.3) is 0 Å². The molecule has 0 aromatic heterocycles. The van der Waals surface area contributed by atoms with Crippen molar-refractivity contribution >= 4 is 10.0 Å². The van der Waals surface area contributed by atoms with E-state index >= 15 is 0 Å². The molecule has 1 saturated carbocycles. The Morgan fingerprint density at radius 2 is 2.00 bits per heavy atom. The van der Waals surface area contributed by atoms with Crippen LogP contribution >= 0.6 is 0 Å². The highest BCUT2D eigenvalue weighted by Gasteiger charge is 2.35. The summed E-state index contributed by atoms with van der Waals surface area (Å²) < 4.78 is 31.8. The molecule has 0 spiro atoms. The van der Waals surface area contributed by atoms with Gasteiger partial charge in [0.05, 0.1) is 24.6 Å². The number of aryl methyl sites for hydroxylation is 1. The molecule has 0 saturated heterocycles. The van der Waals surface area contributed by atoms with Crippen LogP contribution in [0, 0.1) is 6.92 Å². The predicted molar refractivity (Wildman–Crippen MR) is 76.9 cm³/mol. The molecule has 0 radical (unpaired) electrons. The highest BCUT2D eigenvalue weighted by molar-refractivity contribution is 7.90. The maximum atomic E-state index is 11.8. The largest absolute Gasteiger partial charge is 0.394 e. The van der Waals surface area contributed by atoms with Crippen LogP contribution in [0.1, 0.15) is 30.1 Å². The van der Waals surface area contributed by atoms with Gasteiger partial charge in [0.1, 0.15) is 0 Å². The van der Waals surface area contributed by atoms with Crippen LogP contribution in [0.5, 0.6) is 0 Å². The van der Waals surface area contributed by atoms with E-state index in [0.717, 1.165) is 24.0 Å². The van der Waals surface area contributed by atoms with Gasteiger partial charge in [-0.15, -0.1) is 0 Å². The second kappa shape index (κ2) is 6.67. The maximum absolute atomic E-state index is 11.8. The van der Waals surface area contributed by atoms with Crippen LogP contribution in [0.4, 0.5) is 0 Å². The fourth-order valence-corrected chi connectivity index (χ4v) is 3.31. The van der Waals surface area contributed by atoms with E-state index in [4.69, 9.17) is 9.84 Å². The molecule has 20 heavy (non-hydrogen) atoms. The van der Waals surface area contributed by atoms with Gasteiger partial charge in [-0.2, -0.15) is 0 Å². The fraction of sp³-hybridized carbons (Fsp3) is 0.571. The fourth-order valence-electron chi connectivity index (χ4n) is 1.94. The van der Waals surface area contributed by atoms with E-state index in [9.17, 15) is 8.42 Å². The van der Waals surface area contributed by atoms with Gasteiger partial charge in [0, 0.05) is 6.54 Å². The molecule has 2 rings (SSSR count). The van der Waals surface area contributed by atoms with Gasteiger partial charge >= 0.3 is 0 Å². The normalized spacial score (nSPS) is 17.1. The number of hydrogen-bond donors (Lipinski definition) is 2. The number of rotatable bonds is 8. The Kier molecular flexibility index (Phi) is 5.15. The van der Waals surface area contributed by atoms with Gasteiger partial charge in [-0.05, 0) is 25.3 Å². The lowest BCUT2D eigenvalue weighted by Gasteiger charge is -2.19. The number of hydrogen-bond acceptors (Lipinski definition) is 4. The molecule has 1 aliphatic carbocycles. The van der Waals surface area contributed by atoms with Crippen molar-refractivity contribution < 1.29 is 18.3 Å². The minimum atomic E-state index is -3.22. The topological polar surface area (TPSA) is 75.6 Å². The Morgan fingerprint density at radius 1 is 1.35 bits per heavy atom. The molecule has 112 valence electrons. The SMILES string of the molecule is Cc1ccc(C(CNS(=O)(=O)C2CC2)OCCO)cc1. The Bertz CT molecular complexity index is 523. The van der Waals surface area contributed by atoms with Gasteiger partial charge in [-0.25, -0.2) is 13.1 Å². The zero-order chi connectivity index (χ0) is 14.6. The van der Waals surface area contributed by atoms with Crippen LogP contribution in [0.3, 0.4) is 0 Å². The molecule has 5 nitrogen and oxygen atoms in total. The van der Waals surface area contributed by atoms with E-state index < -0.39 is 10.0 Å². The summed E-state index contributed by atoms with van der Waals surface area (Å²) in [6, 6.07) is 7.76. The van der Waals surface area contributed by atoms with Crippen molar-refractivity contribution in [3.8, 4) is 0 Å². The van der Waals surface area contributed by atoms with Crippen LogP contribution in [0.2, 0.25) is 0 Å². The van der Waals surface area contributed by atoms with Crippen LogP contribution in [0.15, 0.2) is 24.3 Å². The summed E-state index contributed by atoms with van der Waals surface area (Å²) in [4.78, 5) is 0. The molecule has 1 aliphatic rings. The first kappa shape index (κ1) is 15.4. The monoisotopic (exact) mass is 299 g/mol. The first-order valence-electron chi connectivity index (χ1n) is 6.80. The van der Waals surface area contributed by atoms with E-state index in [1.165, 1.54) is 0 Å². The second-order valence-electron chi connectivity index (χ2n) is 5.09. The van der Waals surface area contributed by atoms with Crippen molar-refractivity contribution in [1.29, 1.82) is 0 Å². The molecule has 2 N–H and O–H groups in total. The van der Waals surface area contributed by atoms with Gasteiger partial charge in [0.15, 0.2) is 0 Å². The third kappa shape index (κ3) is 4.28. The lowest BCUT2D eigenvalue weighted by molar-refractivity contribution is 0.0309. The third-order valence-corrected chi connectivity index (χ3v) is 5.21. The highest BCUT2D eigenvalue weighted by atomic mass is 32.2. The zero-order valence-electron chi connectivity index (χ0n) is 11.6. The Labute approximate surface area is 120 Å². The lowest BCUT2D eigenvalue weighted by Crippen LogP contribution is -2.32. The van der Waals surface area contributed by atoms with E-state index in [1.54, 1.807) is 0 Å². The second-order valence-corrected chi connectivity index (χ2v) is 7.13. The summed E-state index contributed by atoms with van der Waals surface area (Å²) >= 11 is 0. The molecule has 1 aromatic carbocycles. The zero-order valence-corrected chi connectivity index (χ0v) is 12.4. The number of nitrogens with one attached hydrogen (secondary N) is 1. The summed E-state index contributed by atoms with van der Waals surface area (Å²) in [5.41, 5.74) is 2.04. The minimum absolute atomic E-state index is 0.0856. The number of aliphatic hydroxyl groups excluding tert-OH is 1. The Balaban J connectivity index is 2.01. The van der Waals surface area contributed by atoms with Gasteiger partial charge in [-0.3, -0.25) is 0 Å². The first-order chi connectivity index (χ1) is 9.53. The summed E-state index contributed by atoms with van der Waals surface area (Å²) in [6.45, 7) is 2.28. The highest BCUT2D eigenvalue weighted by Crippen LogP contribution is 2.28. The first-order valence-corrected chi connectivity index (χ1v) is 8.35. The van der Waals surface area contributed by atoms with Gasteiger partial charge in [0.2, 0.25) is 10.0 Å². The smallest absolute Gasteiger partial charge is 0.214 e. The summed E-state index contributed by atoms with van der Waals surface area (Å²) in [7, 11) is -3.22. The Hall–Kier alpha value is -0.950. The number of sulfonamides is 1. The molecular formula is C14H21NO4S. The van der Waals surface area contributed by atoms with Crippen LogP contribution < -0.4 is 4.72 Å². The molecule has 6 heteroatoms. The average molecular weight is 299 g/mol. The van der Waals surface area contributed by atoms with Crippen molar-refractivity contribution in [1.82, 2.24) is 4.72 Å². The number of benzene rings is 1. The van der Waals surface area contributed by atoms with Crippen LogP contribution in [0.25, 0.3) is 0 Å². The molecular weight excluding hydrogens is 278 g/mol.